The van der Waals surface area contributed by atoms with Crippen LogP contribution in [0.1, 0.15) is 181 Å². The van der Waals surface area contributed by atoms with Crippen LogP contribution in [0.4, 0.5) is 0 Å². The Balaban J connectivity index is 2.38. The third-order valence-electron chi connectivity index (χ3n) is 10.6. The zero-order valence-electron chi connectivity index (χ0n) is 38.4. The predicted octanol–water partition coefficient (Wildman–Crippen LogP) is 10.5. The number of aliphatic hydroxyl groups excluding tert-OH is 3. The summed E-state index contributed by atoms with van der Waals surface area (Å²) in [6, 6.07) is 0. The molecule has 0 aromatic heterocycles. The molecule has 0 aliphatic carbocycles. The van der Waals surface area contributed by atoms with Gasteiger partial charge in [0, 0.05) is 13.0 Å². The van der Waals surface area contributed by atoms with Crippen molar-refractivity contribution in [3.63, 3.8) is 0 Å². The Morgan fingerprint density at radius 3 is 1.65 bits per heavy atom. The van der Waals surface area contributed by atoms with E-state index in [2.05, 4.69) is 78.8 Å². The zero-order chi connectivity index (χ0) is 45.4. The summed E-state index contributed by atoms with van der Waals surface area (Å²) in [6.07, 6.45) is 41.1. The molecule has 0 aromatic carbocycles. The Hall–Kier alpha value is -2.20. The number of carbonyl (C=O) groups is 1. The molecule has 1 heterocycles. The van der Waals surface area contributed by atoms with Gasteiger partial charge in [0.1, 0.15) is 30.5 Å². The van der Waals surface area contributed by atoms with Gasteiger partial charge >= 0.3 is 16.4 Å². The third-order valence-corrected chi connectivity index (χ3v) is 11.1. The molecule has 360 valence electrons. The van der Waals surface area contributed by atoms with Gasteiger partial charge in [0.2, 0.25) is 0 Å². The van der Waals surface area contributed by atoms with E-state index in [0.717, 1.165) is 89.9 Å². The summed E-state index contributed by atoms with van der Waals surface area (Å²) in [4.78, 5) is 12.8. The molecular formula is C49H86O12S. The van der Waals surface area contributed by atoms with Gasteiger partial charge in [0.25, 0.3) is 0 Å². The maximum atomic E-state index is 12.8. The fourth-order valence-corrected chi connectivity index (χ4v) is 7.52. The smallest absolute Gasteiger partial charge is 0.397 e. The Morgan fingerprint density at radius 2 is 1.11 bits per heavy atom. The van der Waals surface area contributed by atoms with E-state index in [4.69, 9.17) is 23.5 Å². The highest BCUT2D eigenvalue weighted by Crippen LogP contribution is 2.26. The van der Waals surface area contributed by atoms with Crippen molar-refractivity contribution in [2.45, 2.75) is 218 Å². The van der Waals surface area contributed by atoms with Gasteiger partial charge in [-0.25, -0.2) is 4.18 Å². The number of aliphatic hydroxyl groups is 3. The zero-order valence-corrected chi connectivity index (χ0v) is 39.2. The summed E-state index contributed by atoms with van der Waals surface area (Å²) < 4.78 is 59.1. The Labute approximate surface area is 376 Å². The molecule has 1 fully saturated rings. The summed E-state index contributed by atoms with van der Waals surface area (Å²) in [6.45, 7) is 3.83. The van der Waals surface area contributed by atoms with Crippen molar-refractivity contribution in [3.8, 4) is 0 Å². The fraction of sp³-hybridized carbons (Fsp3) is 0.776. The first kappa shape index (κ1) is 57.8. The molecule has 1 rings (SSSR count). The first-order chi connectivity index (χ1) is 30.1. The Bertz CT molecular complexity index is 1310. The van der Waals surface area contributed by atoms with Gasteiger partial charge in [-0.3, -0.25) is 9.35 Å². The quantitative estimate of drug-likeness (QED) is 0.0198. The van der Waals surface area contributed by atoms with Gasteiger partial charge in [-0.1, -0.05) is 158 Å². The van der Waals surface area contributed by atoms with E-state index in [1.165, 1.54) is 64.2 Å². The van der Waals surface area contributed by atoms with Crippen LogP contribution < -0.4 is 0 Å². The van der Waals surface area contributed by atoms with Crippen LogP contribution in [0, 0.1) is 0 Å². The van der Waals surface area contributed by atoms with E-state index in [1.54, 1.807) is 0 Å². The second-order valence-corrected chi connectivity index (χ2v) is 17.4. The molecule has 0 saturated carbocycles. The molecule has 12 nitrogen and oxygen atoms in total. The number of allylic oxidation sites excluding steroid dienone is 10. The van der Waals surface area contributed by atoms with Crippen molar-refractivity contribution in [1.29, 1.82) is 0 Å². The summed E-state index contributed by atoms with van der Waals surface area (Å²) in [5, 5.41) is 30.7. The third kappa shape index (κ3) is 33.3. The average molecular weight is 899 g/mol. The molecule has 1 aliphatic rings. The molecule has 0 bridgehead atoms. The molecule has 1 saturated heterocycles. The van der Waals surface area contributed by atoms with Gasteiger partial charge in [0.05, 0.1) is 19.8 Å². The van der Waals surface area contributed by atoms with Gasteiger partial charge in [0.15, 0.2) is 6.29 Å². The van der Waals surface area contributed by atoms with E-state index in [1.807, 2.05) is 0 Å². The van der Waals surface area contributed by atoms with Gasteiger partial charge in [-0.2, -0.15) is 8.42 Å². The molecule has 4 N–H and O–H groups in total. The summed E-state index contributed by atoms with van der Waals surface area (Å²) >= 11 is 0. The minimum Gasteiger partial charge on any atom is -0.457 e. The lowest BCUT2D eigenvalue weighted by Gasteiger charge is -2.41. The number of unbranched alkanes of at least 4 members (excludes halogenated alkanes) is 18. The second kappa shape index (κ2) is 40.3. The normalized spacial score (nSPS) is 20.5. The molecule has 0 aromatic rings. The maximum absolute atomic E-state index is 12.8. The monoisotopic (exact) mass is 899 g/mol. The molecule has 62 heavy (non-hydrogen) atoms. The topological polar surface area (TPSA) is 178 Å². The van der Waals surface area contributed by atoms with Crippen LogP contribution in [-0.2, 0) is 38.3 Å². The lowest BCUT2D eigenvalue weighted by atomic mass is 9.99. The van der Waals surface area contributed by atoms with Gasteiger partial charge in [-0.05, 0) is 77.0 Å². The van der Waals surface area contributed by atoms with Gasteiger partial charge in [-0.15, -0.1) is 0 Å². The van der Waals surface area contributed by atoms with Crippen molar-refractivity contribution in [3.05, 3.63) is 60.8 Å². The van der Waals surface area contributed by atoms with E-state index in [9.17, 15) is 28.5 Å². The largest absolute Gasteiger partial charge is 0.457 e. The highest BCUT2D eigenvalue weighted by atomic mass is 32.3. The van der Waals surface area contributed by atoms with Crippen LogP contribution in [0.2, 0.25) is 0 Å². The average Bonchev–Trinajstić information content (AvgIpc) is 3.24. The molecule has 0 spiro atoms. The SMILES string of the molecule is CC/C=C\C/C=C\C/C=C\C/C=C\CCCCCCCCCCCOCC(COC1OC(CO)C(O)C(OS(=O)(=O)O)C1O)OC(=O)CCCCCCC/C=C\CCCCCC. The maximum Gasteiger partial charge on any atom is 0.397 e. The molecule has 6 atom stereocenters. The van der Waals surface area contributed by atoms with Crippen molar-refractivity contribution >= 4 is 16.4 Å². The highest BCUT2D eigenvalue weighted by molar-refractivity contribution is 7.80. The van der Waals surface area contributed by atoms with Crippen LogP contribution in [0.15, 0.2) is 60.8 Å². The van der Waals surface area contributed by atoms with E-state index < -0.39 is 59.8 Å². The first-order valence-corrected chi connectivity index (χ1v) is 25.4. The Morgan fingerprint density at radius 1 is 0.629 bits per heavy atom. The second-order valence-electron chi connectivity index (χ2n) is 16.3. The molecule has 6 unspecified atom stereocenters. The first-order valence-electron chi connectivity index (χ1n) is 24.0. The summed E-state index contributed by atoms with van der Waals surface area (Å²) in [7, 11) is -5.07. The van der Waals surface area contributed by atoms with Crippen molar-refractivity contribution < 1.29 is 56.2 Å². The number of hydrogen-bond acceptors (Lipinski definition) is 11. The van der Waals surface area contributed by atoms with Crippen LogP contribution in [0.3, 0.4) is 0 Å². The van der Waals surface area contributed by atoms with Crippen LogP contribution in [0.25, 0.3) is 0 Å². The van der Waals surface area contributed by atoms with Crippen molar-refractivity contribution in [2.75, 3.05) is 26.4 Å². The molecule has 1 aliphatic heterocycles. The molecule has 0 amide bonds. The van der Waals surface area contributed by atoms with Crippen LogP contribution >= 0.6 is 0 Å². The molecule has 0 radical (unpaired) electrons. The van der Waals surface area contributed by atoms with Crippen LogP contribution in [-0.4, -0.2) is 97.5 Å². The lowest BCUT2D eigenvalue weighted by Crippen LogP contribution is -2.60. The number of ether oxygens (including phenoxy) is 4. The number of esters is 1. The van der Waals surface area contributed by atoms with E-state index in [-0.39, 0.29) is 19.6 Å². The summed E-state index contributed by atoms with van der Waals surface area (Å²) in [5.41, 5.74) is 0. The number of rotatable bonds is 41. The van der Waals surface area contributed by atoms with E-state index >= 15 is 0 Å². The standard InChI is InChI=1S/C49H86O12S/c1-3-5-7-9-11-13-15-17-18-19-20-21-22-23-24-25-27-29-31-33-35-37-39-57-41-43(42-58-49-47(53)48(61-62(54,55)56)46(52)44(40-50)60-49)59-45(51)38-36-34-32-30-28-26-16-14-12-10-8-6-4-2/h5,7,11,13-14,16-18,20-21,43-44,46-50,52-53H,3-4,6,8-10,12,15,19,22-42H2,1-2H3,(H,54,55,56)/b7-5-,13-11-,16-14-,18-17-,21-20-. The number of hydrogen-bond donors (Lipinski definition) is 4. The molecule has 13 heteroatoms. The summed E-state index contributed by atoms with van der Waals surface area (Å²) in [5.74, 6) is -0.413. The van der Waals surface area contributed by atoms with Gasteiger partial charge < -0.3 is 34.3 Å². The minimum absolute atomic E-state index is 0.0264. The lowest BCUT2D eigenvalue weighted by molar-refractivity contribution is -0.301. The predicted molar refractivity (Wildman–Crippen MR) is 248 cm³/mol. The molecular weight excluding hydrogens is 813 g/mol. The number of carbonyl (C=O) groups excluding carboxylic acids is 1. The van der Waals surface area contributed by atoms with Crippen molar-refractivity contribution in [1.82, 2.24) is 0 Å². The van der Waals surface area contributed by atoms with Crippen molar-refractivity contribution in [2.24, 2.45) is 0 Å². The fourth-order valence-electron chi connectivity index (χ4n) is 7.01. The van der Waals surface area contributed by atoms with Crippen LogP contribution in [0.5, 0.6) is 0 Å². The minimum atomic E-state index is -5.07. The highest BCUT2D eigenvalue weighted by Gasteiger charge is 2.48. The van der Waals surface area contributed by atoms with E-state index in [0.29, 0.717) is 13.0 Å². The Kier molecular flexibility index (Phi) is 37.6.